The molecule has 1 aromatic carbocycles. The van der Waals surface area contributed by atoms with Crippen LogP contribution in [0.4, 0.5) is 24.5 Å². The van der Waals surface area contributed by atoms with Crippen LogP contribution in [0.5, 0.6) is 0 Å². The Labute approximate surface area is 180 Å². The van der Waals surface area contributed by atoms with E-state index in [1.165, 1.54) is 9.47 Å². The largest absolute Gasteiger partial charge is 0.477 e. The summed E-state index contributed by atoms with van der Waals surface area (Å²) in [6, 6.07) is -0.218. The minimum Gasteiger partial charge on any atom is -0.477 e. The molecule has 0 amide bonds. The van der Waals surface area contributed by atoms with Gasteiger partial charge in [-0.25, -0.2) is 18.0 Å². The van der Waals surface area contributed by atoms with Crippen LogP contribution < -0.4 is 21.8 Å². The first-order valence-corrected chi connectivity index (χ1v) is 10.1. The summed E-state index contributed by atoms with van der Waals surface area (Å²) in [5, 5.41) is 12.7. The van der Waals surface area contributed by atoms with E-state index < -0.39 is 52.0 Å². The third-order valence-corrected chi connectivity index (χ3v) is 5.75. The number of nitrogens with two attached hydrogens (primary N) is 2. The second kappa shape index (κ2) is 8.34. The highest BCUT2D eigenvalue weighted by molar-refractivity contribution is 6.01. The second-order valence-corrected chi connectivity index (χ2v) is 7.85. The Morgan fingerprint density at radius 2 is 2.03 bits per heavy atom. The minimum atomic E-state index is -1.50. The highest BCUT2D eigenvalue weighted by atomic mass is 19.1. The van der Waals surface area contributed by atoms with E-state index in [-0.39, 0.29) is 43.7 Å². The second-order valence-electron chi connectivity index (χ2n) is 7.85. The maximum absolute atomic E-state index is 15.8. The molecule has 1 aliphatic carbocycles. The highest BCUT2D eigenvalue weighted by Crippen LogP contribution is 2.42. The van der Waals surface area contributed by atoms with Gasteiger partial charge in [0.15, 0.2) is 11.6 Å². The topological polar surface area (TPSA) is 136 Å². The molecule has 0 spiro atoms. The van der Waals surface area contributed by atoms with Crippen LogP contribution in [0.3, 0.4) is 0 Å². The van der Waals surface area contributed by atoms with E-state index in [4.69, 9.17) is 16.3 Å². The smallest absolute Gasteiger partial charge is 0.341 e. The summed E-state index contributed by atoms with van der Waals surface area (Å²) < 4.78 is 44.8. The Bertz CT molecular complexity index is 1180. The standard InChI is InChI=1S/C20H22F3N5O4/c21-3-4-32-26-12-8-27(6-9(12)5-24)18-14(22)16(25)13-17(15(18)23)28(10-1-2-10)7-11(19(13)29)20(30)31/h7,9-10H,1-6,8,24-25H2,(H,30,31). The zero-order valence-electron chi connectivity index (χ0n) is 17.0. The number of alkyl halides is 1. The van der Waals surface area contributed by atoms with Crippen LogP contribution in [0.1, 0.15) is 29.2 Å². The average molecular weight is 453 g/mol. The Hall–Kier alpha value is -3.28. The van der Waals surface area contributed by atoms with E-state index in [1.807, 2.05) is 0 Å². The number of benzene rings is 1. The van der Waals surface area contributed by atoms with E-state index in [0.29, 0.717) is 18.6 Å². The number of hydrogen-bond acceptors (Lipinski definition) is 7. The summed E-state index contributed by atoms with van der Waals surface area (Å²) in [5.74, 6) is -4.08. The van der Waals surface area contributed by atoms with Gasteiger partial charge in [0, 0.05) is 31.2 Å². The number of nitrogen functional groups attached to an aromatic ring is 1. The lowest BCUT2D eigenvalue weighted by Crippen LogP contribution is -2.27. The fourth-order valence-electron chi connectivity index (χ4n) is 4.03. The van der Waals surface area contributed by atoms with Crippen molar-refractivity contribution in [3.63, 3.8) is 0 Å². The number of carboxylic acids is 1. The Morgan fingerprint density at radius 3 is 2.62 bits per heavy atom. The van der Waals surface area contributed by atoms with Gasteiger partial charge in [0.2, 0.25) is 5.43 Å². The van der Waals surface area contributed by atoms with Crippen LogP contribution in [0.25, 0.3) is 10.9 Å². The average Bonchev–Trinajstić information content (AvgIpc) is 3.52. The first-order chi connectivity index (χ1) is 15.3. The monoisotopic (exact) mass is 453 g/mol. The number of anilines is 2. The van der Waals surface area contributed by atoms with Crippen LogP contribution in [0.2, 0.25) is 0 Å². The van der Waals surface area contributed by atoms with E-state index in [1.54, 1.807) is 0 Å². The lowest BCUT2D eigenvalue weighted by Gasteiger charge is -2.23. The van der Waals surface area contributed by atoms with E-state index in [9.17, 15) is 19.1 Å². The molecule has 1 saturated heterocycles. The van der Waals surface area contributed by atoms with Gasteiger partial charge >= 0.3 is 5.97 Å². The SMILES string of the molecule is NCC1CN(c2c(F)c(N)c3c(=O)c(C(=O)O)cn(C4CC4)c3c2F)CC1=NOCCF. The number of aromatic nitrogens is 1. The van der Waals surface area contributed by atoms with Crippen molar-refractivity contribution < 1.29 is 27.9 Å². The molecule has 1 saturated carbocycles. The molecule has 1 atom stereocenters. The van der Waals surface area contributed by atoms with Gasteiger partial charge in [0.05, 0.1) is 28.8 Å². The van der Waals surface area contributed by atoms with Crippen molar-refractivity contribution >= 4 is 34.0 Å². The summed E-state index contributed by atoms with van der Waals surface area (Å²) in [6.07, 6.45) is 2.40. The van der Waals surface area contributed by atoms with Gasteiger partial charge < -0.3 is 30.9 Å². The normalized spacial score (nSPS) is 19.8. The number of rotatable bonds is 7. The fraction of sp³-hybridized carbons (Fsp3) is 0.450. The van der Waals surface area contributed by atoms with E-state index in [0.717, 1.165) is 6.20 Å². The number of fused-ring (bicyclic) bond motifs is 1. The van der Waals surface area contributed by atoms with Crippen LogP contribution in [-0.4, -0.2) is 54.3 Å². The summed E-state index contributed by atoms with van der Waals surface area (Å²) in [7, 11) is 0. The van der Waals surface area contributed by atoms with E-state index >= 15 is 8.78 Å². The molecule has 172 valence electrons. The van der Waals surface area contributed by atoms with Gasteiger partial charge in [0.1, 0.15) is 24.5 Å². The zero-order chi connectivity index (χ0) is 23.2. The molecule has 1 aromatic heterocycles. The maximum Gasteiger partial charge on any atom is 0.341 e. The van der Waals surface area contributed by atoms with Gasteiger partial charge in [-0.15, -0.1) is 0 Å². The number of pyridine rings is 1. The first kappa shape index (κ1) is 21.9. The molecule has 5 N–H and O–H groups in total. The number of aromatic carboxylic acids is 1. The Balaban J connectivity index is 1.90. The van der Waals surface area contributed by atoms with E-state index in [2.05, 4.69) is 5.16 Å². The Morgan fingerprint density at radius 1 is 1.31 bits per heavy atom. The fourth-order valence-corrected chi connectivity index (χ4v) is 4.03. The molecule has 2 aromatic rings. The molecule has 0 radical (unpaired) electrons. The lowest BCUT2D eigenvalue weighted by atomic mass is 10.1. The van der Waals surface area contributed by atoms with Crippen molar-refractivity contribution in [1.29, 1.82) is 0 Å². The molecule has 12 heteroatoms. The summed E-state index contributed by atoms with van der Waals surface area (Å²) >= 11 is 0. The molecule has 32 heavy (non-hydrogen) atoms. The number of halogens is 3. The van der Waals surface area contributed by atoms with Gasteiger partial charge in [-0.2, -0.15) is 0 Å². The van der Waals surface area contributed by atoms with Gasteiger partial charge in [-0.1, -0.05) is 5.16 Å². The van der Waals surface area contributed by atoms with Crippen molar-refractivity contribution in [2.24, 2.45) is 16.8 Å². The molecule has 2 aliphatic rings. The predicted molar refractivity (Wildman–Crippen MR) is 112 cm³/mol. The molecular formula is C20H22F3N5O4. The van der Waals surface area contributed by atoms with Crippen molar-refractivity contribution in [3.8, 4) is 0 Å². The van der Waals surface area contributed by atoms with Crippen LogP contribution in [0, 0.1) is 17.6 Å². The number of carboxylic acid groups (broad SMARTS) is 1. The van der Waals surface area contributed by atoms with Crippen molar-refractivity contribution in [3.05, 3.63) is 33.6 Å². The van der Waals surface area contributed by atoms with Crippen LogP contribution in [-0.2, 0) is 4.84 Å². The molecule has 9 nitrogen and oxygen atoms in total. The molecule has 0 bridgehead atoms. The van der Waals surface area contributed by atoms with Crippen LogP contribution >= 0.6 is 0 Å². The highest BCUT2D eigenvalue weighted by Gasteiger charge is 2.36. The summed E-state index contributed by atoms with van der Waals surface area (Å²) in [6.45, 7) is -0.807. The number of nitrogens with zero attached hydrogens (tertiary/aromatic N) is 3. The first-order valence-electron chi connectivity index (χ1n) is 10.1. The third kappa shape index (κ3) is 3.53. The van der Waals surface area contributed by atoms with Crippen molar-refractivity contribution in [1.82, 2.24) is 4.57 Å². The summed E-state index contributed by atoms with van der Waals surface area (Å²) in [4.78, 5) is 30.5. The van der Waals surface area contributed by atoms with Crippen molar-refractivity contribution in [2.75, 3.05) is 43.5 Å². The van der Waals surface area contributed by atoms with Crippen molar-refractivity contribution in [2.45, 2.75) is 18.9 Å². The quantitative estimate of drug-likeness (QED) is 0.329. The molecule has 4 rings (SSSR count). The van der Waals surface area contributed by atoms with Crippen LogP contribution in [0.15, 0.2) is 16.1 Å². The Kier molecular flexibility index (Phi) is 5.71. The predicted octanol–water partition coefficient (Wildman–Crippen LogP) is 1.63. The van der Waals surface area contributed by atoms with Gasteiger partial charge in [0.25, 0.3) is 0 Å². The minimum absolute atomic E-state index is 0.0339. The number of oxime groups is 1. The van der Waals surface area contributed by atoms with Gasteiger partial charge in [-0.3, -0.25) is 4.79 Å². The molecular weight excluding hydrogens is 431 g/mol. The van der Waals surface area contributed by atoms with Gasteiger partial charge in [-0.05, 0) is 12.8 Å². The molecule has 2 fully saturated rings. The number of hydrogen-bond donors (Lipinski definition) is 3. The zero-order valence-corrected chi connectivity index (χ0v) is 17.0. The molecule has 1 unspecified atom stereocenters. The third-order valence-electron chi connectivity index (χ3n) is 5.75. The number of carbonyl (C=O) groups is 1. The maximum atomic E-state index is 15.8. The lowest BCUT2D eigenvalue weighted by molar-refractivity contribution is 0.0695. The molecule has 2 heterocycles. The molecule has 1 aliphatic heterocycles. The summed E-state index contributed by atoms with van der Waals surface area (Å²) in [5.41, 5.74) is 9.10.